The van der Waals surface area contributed by atoms with E-state index >= 15 is 0 Å². The number of nitrogens with zero attached hydrogens (tertiary/aromatic N) is 1. The van der Waals surface area contributed by atoms with Crippen molar-refractivity contribution in [1.82, 2.24) is 4.90 Å². The van der Waals surface area contributed by atoms with Crippen molar-refractivity contribution in [1.29, 1.82) is 0 Å². The highest BCUT2D eigenvalue weighted by Crippen LogP contribution is 2.04. The van der Waals surface area contributed by atoms with E-state index in [0.29, 0.717) is 6.61 Å². The average molecular weight is 231 g/mol. The molecule has 0 spiro atoms. The van der Waals surface area contributed by atoms with Crippen molar-refractivity contribution < 1.29 is 9.53 Å². The van der Waals surface area contributed by atoms with Crippen LogP contribution in [0.4, 0.5) is 0 Å². The maximum Gasteiger partial charge on any atom is 0.323 e. The minimum Gasteiger partial charge on any atom is -0.465 e. The predicted octanol–water partition coefficient (Wildman–Crippen LogP) is 3.09. The first-order valence-electron chi connectivity index (χ1n) is 6.57. The van der Waals surface area contributed by atoms with Gasteiger partial charge in [0, 0.05) is 0 Å². The molecular formula is C13H29NO2. The number of hydrogen-bond acceptors (Lipinski definition) is 3. The van der Waals surface area contributed by atoms with Crippen molar-refractivity contribution in [2.45, 2.75) is 60.4 Å². The minimum atomic E-state index is -0.102. The molecule has 0 aliphatic heterocycles. The lowest BCUT2D eigenvalue weighted by Gasteiger charge is -2.26. The van der Waals surface area contributed by atoms with E-state index in [1.165, 1.54) is 0 Å². The van der Waals surface area contributed by atoms with Crippen molar-refractivity contribution in [3.05, 3.63) is 0 Å². The average Bonchev–Trinajstić information content (AvgIpc) is 2.31. The molecule has 0 aromatic carbocycles. The van der Waals surface area contributed by atoms with Crippen LogP contribution >= 0.6 is 0 Å². The van der Waals surface area contributed by atoms with Crippen LogP contribution in [0.3, 0.4) is 0 Å². The highest BCUT2D eigenvalue weighted by Gasteiger charge is 2.20. The topological polar surface area (TPSA) is 29.5 Å². The number of ether oxygens (including phenoxy) is 1. The summed E-state index contributed by atoms with van der Waals surface area (Å²) in [5.74, 6) is -0.102. The summed E-state index contributed by atoms with van der Waals surface area (Å²) in [5, 5.41) is 0. The molecule has 16 heavy (non-hydrogen) atoms. The second-order valence-electron chi connectivity index (χ2n) is 3.46. The van der Waals surface area contributed by atoms with Gasteiger partial charge in [0.15, 0.2) is 0 Å². The third-order valence-corrected chi connectivity index (χ3v) is 2.20. The fourth-order valence-electron chi connectivity index (χ4n) is 1.49. The number of carbonyl (C=O) groups is 1. The van der Waals surface area contributed by atoms with Crippen LogP contribution in [0.25, 0.3) is 0 Å². The zero-order valence-electron chi connectivity index (χ0n) is 11.9. The van der Waals surface area contributed by atoms with Crippen molar-refractivity contribution in [3.63, 3.8) is 0 Å². The smallest absolute Gasteiger partial charge is 0.323 e. The molecule has 0 radical (unpaired) electrons. The maximum atomic E-state index is 11.5. The third-order valence-electron chi connectivity index (χ3n) is 2.20. The molecule has 0 aromatic rings. The van der Waals surface area contributed by atoms with E-state index in [9.17, 15) is 4.79 Å². The summed E-state index contributed by atoms with van der Waals surface area (Å²) in [6, 6.07) is -0.102. The van der Waals surface area contributed by atoms with Gasteiger partial charge in [0.25, 0.3) is 0 Å². The van der Waals surface area contributed by atoms with E-state index < -0.39 is 0 Å². The van der Waals surface area contributed by atoms with Gasteiger partial charge in [-0.25, -0.2) is 0 Å². The summed E-state index contributed by atoms with van der Waals surface area (Å²) in [4.78, 5) is 13.6. The zero-order chi connectivity index (χ0) is 13.0. The normalized spacial score (nSPS) is 11.7. The molecular weight excluding hydrogens is 202 g/mol. The van der Waals surface area contributed by atoms with Crippen LogP contribution in [-0.4, -0.2) is 36.6 Å². The van der Waals surface area contributed by atoms with Crippen molar-refractivity contribution >= 4 is 5.97 Å². The van der Waals surface area contributed by atoms with E-state index in [2.05, 4.69) is 18.7 Å². The number of carbonyl (C=O) groups excluding carboxylic acids is 1. The highest BCUT2D eigenvalue weighted by atomic mass is 16.5. The van der Waals surface area contributed by atoms with Crippen LogP contribution in [0, 0.1) is 0 Å². The quantitative estimate of drug-likeness (QED) is 0.631. The molecule has 0 aliphatic rings. The van der Waals surface area contributed by atoms with Crippen LogP contribution in [0.1, 0.15) is 54.4 Å². The Morgan fingerprint density at radius 3 is 1.88 bits per heavy atom. The monoisotopic (exact) mass is 231 g/mol. The SMILES string of the molecule is CC.CCCN(CCC)C(C)C(=O)OCC. The Hall–Kier alpha value is -0.570. The molecule has 0 aromatic heterocycles. The second-order valence-corrected chi connectivity index (χ2v) is 3.46. The molecule has 1 unspecified atom stereocenters. The summed E-state index contributed by atoms with van der Waals surface area (Å²) in [6.07, 6.45) is 2.15. The molecule has 0 aliphatic carbocycles. The Labute approximate surface area is 101 Å². The molecule has 3 heteroatoms. The Morgan fingerprint density at radius 2 is 1.56 bits per heavy atom. The van der Waals surface area contributed by atoms with Crippen molar-refractivity contribution in [2.75, 3.05) is 19.7 Å². The van der Waals surface area contributed by atoms with Crippen molar-refractivity contribution in [2.24, 2.45) is 0 Å². The summed E-state index contributed by atoms with van der Waals surface area (Å²) in [5.41, 5.74) is 0. The van der Waals surface area contributed by atoms with Gasteiger partial charge in [0.2, 0.25) is 0 Å². The van der Waals surface area contributed by atoms with Gasteiger partial charge in [-0.05, 0) is 39.8 Å². The highest BCUT2D eigenvalue weighted by molar-refractivity contribution is 5.75. The van der Waals surface area contributed by atoms with Crippen LogP contribution in [0.15, 0.2) is 0 Å². The molecule has 98 valence electrons. The molecule has 0 bridgehead atoms. The van der Waals surface area contributed by atoms with E-state index in [1.54, 1.807) is 0 Å². The largest absolute Gasteiger partial charge is 0.465 e. The third kappa shape index (κ3) is 7.69. The van der Waals surface area contributed by atoms with E-state index in [1.807, 2.05) is 27.7 Å². The molecule has 0 saturated carbocycles. The number of hydrogen-bond donors (Lipinski definition) is 0. The number of rotatable bonds is 7. The van der Waals surface area contributed by atoms with Gasteiger partial charge in [-0.15, -0.1) is 0 Å². The molecule has 0 rings (SSSR count). The molecule has 3 nitrogen and oxygen atoms in total. The zero-order valence-corrected chi connectivity index (χ0v) is 11.9. The molecule has 0 heterocycles. The van der Waals surface area contributed by atoms with Crippen LogP contribution in [0.5, 0.6) is 0 Å². The fraction of sp³-hybridized carbons (Fsp3) is 0.923. The van der Waals surface area contributed by atoms with Crippen LogP contribution in [0.2, 0.25) is 0 Å². The standard InChI is InChI=1S/C11H23NO2.C2H6/c1-5-8-12(9-6-2)10(4)11(13)14-7-3;1-2/h10H,5-9H2,1-4H3;1-2H3. The summed E-state index contributed by atoms with van der Waals surface area (Å²) < 4.78 is 5.00. The van der Waals surface area contributed by atoms with Gasteiger partial charge in [0.05, 0.1) is 6.61 Å². The fourth-order valence-corrected chi connectivity index (χ4v) is 1.49. The van der Waals surface area contributed by atoms with Crippen LogP contribution in [-0.2, 0) is 9.53 Å². The van der Waals surface area contributed by atoms with Gasteiger partial charge in [0.1, 0.15) is 6.04 Å². The summed E-state index contributed by atoms with van der Waals surface area (Å²) in [7, 11) is 0. The molecule has 1 atom stereocenters. The summed E-state index contributed by atoms with van der Waals surface area (Å²) >= 11 is 0. The second kappa shape index (κ2) is 12.5. The predicted molar refractivity (Wildman–Crippen MR) is 69.6 cm³/mol. The lowest BCUT2D eigenvalue weighted by molar-refractivity contribution is -0.148. The summed E-state index contributed by atoms with van der Waals surface area (Å²) in [6.45, 7) is 14.4. The Kier molecular flexibility index (Phi) is 13.9. The Morgan fingerprint density at radius 1 is 1.12 bits per heavy atom. The van der Waals surface area contributed by atoms with Crippen molar-refractivity contribution in [3.8, 4) is 0 Å². The number of esters is 1. The first-order valence-corrected chi connectivity index (χ1v) is 6.57. The first-order chi connectivity index (χ1) is 7.67. The van der Waals surface area contributed by atoms with Gasteiger partial charge >= 0.3 is 5.97 Å². The lowest BCUT2D eigenvalue weighted by atomic mass is 10.2. The minimum absolute atomic E-state index is 0.102. The molecule has 0 saturated heterocycles. The molecule has 0 N–H and O–H groups in total. The first kappa shape index (κ1) is 17.8. The van der Waals surface area contributed by atoms with Gasteiger partial charge in [-0.1, -0.05) is 27.7 Å². The van der Waals surface area contributed by atoms with E-state index in [-0.39, 0.29) is 12.0 Å². The van der Waals surface area contributed by atoms with Gasteiger partial charge in [-0.3, -0.25) is 9.69 Å². The van der Waals surface area contributed by atoms with Gasteiger partial charge in [-0.2, -0.15) is 0 Å². The van der Waals surface area contributed by atoms with E-state index in [0.717, 1.165) is 25.9 Å². The lowest BCUT2D eigenvalue weighted by Crippen LogP contribution is -2.41. The molecule has 0 amide bonds. The van der Waals surface area contributed by atoms with Crippen LogP contribution < -0.4 is 0 Å². The Balaban J connectivity index is 0. The van der Waals surface area contributed by atoms with Gasteiger partial charge < -0.3 is 4.74 Å². The Bertz CT molecular complexity index is 154. The van der Waals surface area contributed by atoms with E-state index in [4.69, 9.17) is 4.74 Å². The molecule has 0 fully saturated rings. The maximum absolute atomic E-state index is 11.5.